The third-order valence-electron chi connectivity index (χ3n) is 3.26. The maximum Gasteiger partial charge on any atom is 0.411 e. The molecule has 1 atom stereocenters. The van der Waals surface area contributed by atoms with Gasteiger partial charge in [-0.05, 0) is 27.7 Å². The van der Waals surface area contributed by atoms with Crippen LogP contribution in [0.3, 0.4) is 0 Å². The number of carbonyl (C=O) groups is 2. The van der Waals surface area contributed by atoms with E-state index in [0.717, 1.165) is 5.69 Å². The van der Waals surface area contributed by atoms with E-state index in [1.165, 1.54) is 12.0 Å². The Morgan fingerprint density at radius 2 is 2.10 bits per heavy atom. The molecule has 2 heterocycles. The fraction of sp³-hybridized carbons (Fsp3) is 0.643. The van der Waals surface area contributed by atoms with Crippen LogP contribution in [-0.2, 0) is 27.4 Å². The Morgan fingerprint density at radius 3 is 2.62 bits per heavy atom. The highest BCUT2D eigenvalue weighted by atomic mass is 16.6. The van der Waals surface area contributed by atoms with Crippen LogP contribution in [0, 0.1) is 0 Å². The first-order valence-corrected chi connectivity index (χ1v) is 6.90. The summed E-state index contributed by atoms with van der Waals surface area (Å²) in [6, 6.07) is -0.792. The third-order valence-corrected chi connectivity index (χ3v) is 3.26. The number of rotatable bonds is 2. The quantitative estimate of drug-likeness (QED) is 0.779. The van der Waals surface area contributed by atoms with Crippen molar-refractivity contribution in [2.45, 2.75) is 52.4 Å². The maximum atomic E-state index is 12.3. The van der Waals surface area contributed by atoms with Gasteiger partial charge in [0.25, 0.3) is 0 Å². The lowest BCUT2D eigenvalue weighted by Gasteiger charge is -2.27. The van der Waals surface area contributed by atoms with Crippen LogP contribution in [0.15, 0.2) is 6.20 Å². The number of esters is 1. The third kappa shape index (κ3) is 2.86. The molecule has 21 heavy (non-hydrogen) atoms. The van der Waals surface area contributed by atoms with Crippen molar-refractivity contribution in [1.29, 1.82) is 0 Å². The molecule has 0 radical (unpaired) electrons. The zero-order chi connectivity index (χ0) is 15.8. The van der Waals surface area contributed by atoms with Gasteiger partial charge in [0.2, 0.25) is 0 Å². The number of aryl methyl sites for hydroxylation is 1. The summed E-state index contributed by atoms with van der Waals surface area (Å²) in [5, 5.41) is 4.22. The van der Waals surface area contributed by atoms with Crippen molar-refractivity contribution in [3.8, 4) is 0 Å². The van der Waals surface area contributed by atoms with Gasteiger partial charge in [0, 0.05) is 12.1 Å². The molecular weight excluding hydrogens is 274 g/mol. The molecule has 1 aromatic heterocycles. The normalized spacial score (nSPS) is 17.6. The topological polar surface area (TPSA) is 73.7 Å². The Hall–Kier alpha value is -2.05. The summed E-state index contributed by atoms with van der Waals surface area (Å²) in [6.45, 7) is 8.28. The molecule has 0 saturated heterocycles. The lowest BCUT2D eigenvalue weighted by atomic mass is 10.1. The summed E-state index contributed by atoms with van der Waals surface area (Å²) < 4.78 is 12.0. The number of fused-ring (bicyclic) bond motifs is 1. The maximum absolute atomic E-state index is 12.3. The molecule has 2 rings (SSSR count). The Balaban J connectivity index is 2.32. The van der Waals surface area contributed by atoms with Gasteiger partial charge in [0.1, 0.15) is 5.60 Å². The molecule has 0 bridgehead atoms. The standard InChI is InChI=1S/C14H21N3O4/c1-6-17-10-8-16(13(19)21-14(2,3)4)11(12(18)20-5)9(10)7-15-17/h7,11H,6,8H2,1-5H3. The summed E-state index contributed by atoms with van der Waals surface area (Å²) in [5.41, 5.74) is 0.928. The first-order valence-electron chi connectivity index (χ1n) is 6.90. The SMILES string of the molecule is CCn1ncc2c1CN(C(=O)OC(C)(C)C)C2C(=O)OC. The number of nitrogens with zero attached hydrogens (tertiary/aromatic N) is 3. The van der Waals surface area contributed by atoms with Gasteiger partial charge in [-0.1, -0.05) is 0 Å². The van der Waals surface area contributed by atoms with Crippen molar-refractivity contribution in [2.75, 3.05) is 7.11 Å². The molecule has 0 saturated carbocycles. The molecule has 0 spiro atoms. The van der Waals surface area contributed by atoms with Crippen molar-refractivity contribution in [3.63, 3.8) is 0 Å². The zero-order valence-corrected chi connectivity index (χ0v) is 13.0. The molecule has 1 aliphatic heterocycles. The Bertz CT molecular complexity index is 559. The van der Waals surface area contributed by atoms with Gasteiger partial charge in [0.15, 0.2) is 6.04 Å². The molecular formula is C14H21N3O4. The van der Waals surface area contributed by atoms with E-state index in [1.807, 2.05) is 6.92 Å². The average molecular weight is 295 g/mol. The van der Waals surface area contributed by atoms with Gasteiger partial charge < -0.3 is 9.47 Å². The van der Waals surface area contributed by atoms with Crippen LogP contribution in [0.2, 0.25) is 0 Å². The molecule has 1 unspecified atom stereocenters. The predicted molar refractivity (Wildman–Crippen MR) is 74.4 cm³/mol. The van der Waals surface area contributed by atoms with Crippen LogP contribution in [-0.4, -0.2) is 39.5 Å². The second-order valence-corrected chi connectivity index (χ2v) is 5.90. The first-order chi connectivity index (χ1) is 9.78. The Kier molecular flexibility index (Phi) is 3.93. The molecule has 1 amide bonds. The lowest BCUT2D eigenvalue weighted by molar-refractivity contribution is -0.146. The Morgan fingerprint density at radius 1 is 1.43 bits per heavy atom. The second-order valence-electron chi connectivity index (χ2n) is 5.90. The number of aromatic nitrogens is 2. The van der Waals surface area contributed by atoms with Crippen molar-refractivity contribution in [3.05, 3.63) is 17.5 Å². The monoisotopic (exact) mass is 295 g/mol. The fourth-order valence-corrected chi connectivity index (χ4v) is 2.38. The summed E-state index contributed by atoms with van der Waals surface area (Å²) in [4.78, 5) is 25.8. The lowest BCUT2D eigenvalue weighted by Crippen LogP contribution is -2.39. The highest BCUT2D eigenvalue weighted by molar-refractivity contribution is 5.84. The Labute approximate surface area is 123 Å². The van der Waals surface area contributed by atoms with Crippen molar-refractivity contribution in [2.24, 2.45) is 0 Å². The van der Waals surface area contributed by atoms with Crippen LogP contribution in [0.1, 0.15) is 45.0 Å². The van der Waals surface area contributed by atoms with Crippen LogP contribution < -0.4 is 0 Å². The van der Waals surface area contributed by atoms with Crippen molar-refractivity contribution < 1.29 is 19.1 Å². The molecule has 0 aromatic carbocycles. The highest BCUT2D eigenvalue weighted by Gasteiger charge is 2.43. The van der Waals surface area contributed by atoms with Gasteiger partial charge in [-0.15, -0.1) is 0 Å². The summed E-state index contributed by atoms with van der Waals surface area (Å²) >= 11 is 0. The van der Waals surface area contributed by atoms with Crippen LogP contribution in [0.25, 0.3) is 0 Å². The van der Waals surface area contributed by atoms with E-state index in [1.54, 1.807) is 31.6 Å². The fourth-order valence-electron chi connectivity index (χ4n) is 2.38. The van der Waals surface area contributed by atoms with Gasteiger partial charge in [-0.25, -0.2) is 9.59 Å². The smallest absolute Gasteiger partial charge is 0.411 e. The van der Waals surface area contributed by atoms with E-state index in [9.17, 15) is 9.59 Å². The number of carbonyl (C=O) groups excluding carboxylic acids is 2. The molecule has 1 aliphatic rings. The van der Waals surface area contributed by atoms with E-state index >= 15 is 0 Å². The van der Waals surface area contributed by atoms with E-state index in [0.29, 0.717) is 12.1 Å². The number of hydrogen-bond acceptors (Lipinski definition) is 5. The van der Waals surface area contributed by atoms with E-state index in [2.05, 4.69) is 5.10 Å². The minimum atomic E-state index is -0.792. The van der Waals surface area contributed by atoms with E-state index in [-0.39, 0.29) is 6.54 Å². The molecule has 116 valence electrons. The first kappa shape index (κ1) is 15.3. The van der Waals surface area contributed by atoms with Gasteiger partial charge in [-0.3, -0.25) is 9.58 Å². The second kappa shape index (κ2) is 5.38. The number of methoxy groups -OCH3 is 1. The predicted octanol–water partition coefficient (Wildman–Crippen LogP) is 1.87. The number of ether oxygens (including phenoxy) is 2. The van der Waals surface area contributed by atoms with E-state index < -0.39 is 23.7 Å². The molecule has 0 aliphatic carbocycles. The van der Waals surface area contributed by atoms with E-state index in [4.69, 9.17) is 9.47 Å². The zero-order valence-electron chi connectivity index (χ0n) is 13.0. The van der Waals surface area contributed by atoms with Gasteiger partial charge in [0.05, 0.1) is 25.5 Å². The minimum Gasteiger partial charge on any atom is -0.467 e. The van der Waals surface area contributed by atoms with Gasteiger partial charge >= 0.3 is 12.1 Å². The molecule has 7 nitrogen and oxygen atoms in total. The molecule has 0 N–H and O–H groups in total. The summed E-state index contributed by atoms with van der Waals surface area (Å²) in [6.07, 6.45) is 1.09. The summed E-state index contributed by atoms with van der Waals surface area (Å²) in [7, 11) is 1.30. The minimum absolute atomic E-state index is 0.290. The number of hydrogen-bond donors (Lipinski definition) is 0. The van der Waals surface area contributed by atoms with Crippen LogP contribution >= 0.6 is 0 Å². The highest BCUT2D eigenvalue weighted by Crippen LogP contribution is 2.35. The largest absolute Gasteiger partial charge is 0.467 e. The average Bonchev–Trinajstić information content (AvgIpc) is 2.93. The van der Waals surface area contributed by atoms with Crippen LogP contribution in [0.4, 0.5) is 4.79 Å². The molecule has 1 aromatic rings. The van der Waals surface area contributed by atoms with Gasteiger partial charge in [-0.2, -0.15) is 5.10 Å². The molecule has 7 heteroatoms. The molecule has 0 fully saturated rings. The van der Waals surface area contributed by atoms with Crippen LogP contribution in [0.5, 0.6) is 0 Å². The van der Waals surface area contributed by atoms with Crippen molar-refractivity contribution in [1.82, 2.24) is 14.7 Å². The summed E-state index contributed by atoms with van der Waals surface area (Å²) in [5.74, 6) is -0.490. The number of amides is 1. The van der Waals surface area contributed by atoms with Crippen molar-refractivity contribution >= 4 is 12.1 Å².